The molecule has 2 heterocycles. The summed E-state index contributed by atoms with van der Waals surface area (Å²) in [5.41, 5.74) is 3.41. The van der Waals surface area contributed by atoms with E-state index in [4.69, 9.17) is 9.47 Å². The van der Waals surface area contributed by atoms with Gasteiger partial charge in [0.1, 0.15) is 12.4 Å². The molecule has 4 aliphatic rings. The third-order valence-electron chi connectivity index (χ3n) is 7.82. The third-order valence-corrected chi connectivity index (χ3v) is 7.82. The van der Waals surface area contributed by atoms with Crippen molar-refractivity contribution in [2.24, 2.45) is 11.3 Å². The summed E-state index contributed by atoms with van der Waals surface area (Å²) < 4.78 is 26.1. The Labute approximate surface area is 207 Å². The van der Waals surface area contributed by atoms with Crippen LogP contribution in [0.5, 0.6) is 11.8 Å². The van der Waals surface area contributed by atoms with Gasteiger partial charge < -0.3 is 19.7 Å². The van der Waals surface area contributed by atoms with E-state index in [1.165, 1.54) is 6.07 Å². The van der Waals surface area contributed by atoms with Gasteiger partial charge in [0.05, 0.1) is 17.6 Å². The highest BCUT2D eigenvalue weighted by Gasteiger charge is 2.95. The molecule has 2 fully saturated rings. The molecule has 0 saturated heterocycles. The zero-order valence-electron chi connectivity index (χ0n) is 20.3. The van der Waals surface area contributed by atoms with Gasteiger partial charge in [0.15, 0.2) is 0 Å². The second kappa shape index (κ2) is 7.74. The van der Waals surface area contributed by atoms with Crippen LogP contribution in [0.1, 0.15) is 54.5 Å². The number of carboxylic acids is 1. The van der Waals surface area contributed by atoms with E-state index in [1.54, 1.807) is 38.2 Å². The smallest absolute Gasteiger partial charge is 0.311 e. The fraction of sp³-hybridized carbons (Fsp3) is 0.393. The minimum atomic E-state index is -0.807. The number of aryl methyl sites for hydroxylation is 1. The molecule has 0 spiro atoms. The van der Waals surface area contributed by atoms with Gasteiger partial charge in [-0.3, -0.25) is 4.79 Å². The molecular weight excluding hydrogens is 463 g/mol. The van der Waals surface area contributed by atoms with E-state index in [0.717, 1.165) is 27.9 Å². The molecule has 7 rings (SSSR count). The van der Waals surface area contributed by atoms with E-state index in [1.807, 2.05) is 19.1 Å². The van der Waals surface area contributed by atoms with Crippen molar-refractivity contribution in [1.82, 2.24) is 9.97 Å². The lowest BCUT2D eigenvalue weighted by atomic mass is 10.0. The average Bonchev–Trinajstić information content (AvgIpc) is 3.61. The van der Waals surface area contributed by atoms with Gasteiger partial charge >= 0.3 is 5.97 Å². The highest BCUT2D eigenvalue weighted by molar-refractivity contribution is 5.93. The first-order valence-corrected chi connectivity index (χ1v) is 12.1. The number of pyridine rings is 2. The van der Waals surface area contributed by atoms with Gasteiger partial charge in [0.2, 0.25) is 11.8 Å². The summed E-state index contributed by atoms with van der Waals surface area (Å²) in [5.74, 6) is 0.118. The number of carbonyl (C=O) groups is 1. The van der Waals surface area contributed by atoms with Crippen LogP contribution >= 0.6 is 0 Å². The number of aliphatic hydroxyl groups is 1. The topological polar surface area (TPSA) is 102 Å². The molecular formula is C28H27FN2O5. The lowest BCUT2D eigenvalue weighted by molar-refractivity contribution is -0.141. The highest BCUT2D eigenvalue weighted by Crippen LogP contribution is 2.96. The van der Waals surface area contributed by atoms with Crippen molar-refractivity contribution in [3.8, 4) is 22.9 Å². The van der Waals surface area contributed by atoms with E-state index in [-0.39, 0.29) is 30.2 Å². The lowest BCUT2D eigenvalue weighted by Crippen LogP contribution is -2.22. The van der Waals surface area contributed by atoms with Crippen LogP contribution in [-0.2, 0) is 11.4 Å². The molecule has 4 atom stereocenters. The second-order valence-electron chi connectivity index (χ2n) is 10.7. The summed E-state index contributed by atoms with van der Waals surface area (Å²) in [6.07, 6.45) is 2.20. The van der Waals surface area contributed by atoms with E-state index in [2.05, 4.69) is 9.97 Å². The lowest BCUT2D eigenvalue weighted by Gasteiger charge is -2.17. The number of nitrogens with zero attached hydrogens (tertiary/aromatic N) is 2. The second-order valence-corrected chi connectivity index (χ2v) is 10.7. The van der Waals surface area contributed by atoms with Crippen molar-refractivity contribution in [2.45, 2.75) is 51.2 Å². The number of aliphatic carboxylic acids is 1. The molecule has 7 nitrogen and oxygen atoms in total. The van der Waals surface area contributed by atoms with Crippen LogP contribution in [0.3, 0.4) is 0 Å². The van der Waals surface area contributed by atoms with Gasteiger partial charge in [0, 0.05) is 53.4 Å². The summed E-state index contributed by atoms with van der Waals surface area (Å²) >= 11 is 0. The van der Waals surface area contributed by atoms with Crippen LogP contribution in [0, 0.1) is 24.1 Å². The van der Waals surface area contributed by atoms with Gasteiger partial charge in [-0.15, -0.1) is 0 Å². The Kier molecular flexibility index (Phi) is 4.92. The summed E-state index contributed by atoms with van der Waals surface area (Å²) in [4.78, 5) is 20.5. The quantitative estimate of drug-likeness (QED) is 0.452. The number of rotatable bonds is 9. The number of aromatic nitrogens is 2. The molecule has 36 heavy (non-hydrogen) atoms. The SMILES string of the molecule is Cc1nc(OCCC(C)(C)O)ccc1-c1ccc(F)c(COc2cc3c(cn2)[C@H]2[C@H]4C3[C@]42C(=O)O)c1. The van der Waals surface area contributed by atoms with Crippen molar-refractivity contribution in [3.05, 3.63) is 70.8 Å². The predicted molar refractivity (Wildman–Crippen MR) is 128 cm³/mol. The van der Waals surface area contributed by atoms with Gasteiger partial charge in [-0.1, -0.05) is 6.07 Å². The summed E-state index contributed by atoms with van der Waals surface area (Å²) in [5, 5.41) is 19.4. The number of hydrogen-bond donors (Lipinski definition) is 2. The third kappa shape index (κ3) is 3.46. The fourth-order valence-electron chi connectivity index (χ4n) is 5.85. The largest absolute Gasteiger partial charge is 0.481 e. The van der Waals surface area contributed by atoms with Crippen LogP contribution in [-0.4, -0.2) is 38.4 Å². The van der Waals surface area contributed by atoms with Crippen molar-refractivity contribution in [3.63, 3.8) is 0 Å². The molecule has 1 aromatic carbocycles. The fourth-order valence-corrected chi connectivity index (χ4v) is 5.85. The monoisotopic (exact) mass is 490 g/mol. The Balaban J connectivity index is 1.14. The molecule has 1 unspecified atom stereocenters. The Morgan fingerprint density at radius 3 is 2.58 bits per heavy atom. The number of hydrogen-bond acceptors (Lipinski definition) is 6. The molecule has 0 radical (unpaired) electrons. The number of carboxylic acid groups (broad SMARTS) is 1. The van der Waals surface area contributed by atoms with Gasteiger partial charge in [-0.05, 0) is 61.6 Å². The van der Waals surface area contributed by atoms with Crippen molar-refractivity contribution < 1.29 is 28.9 Å². The first kappa shape index (κ1) is 22.9. The normalized spacial score (nSPS) is 24.6. The van der Waals surface area contributed by atoms with Crippen LogP contribution < -0.4 is 9.47 Å². The molecule has 186 valence electrons. The van der Waals surface area contributed by atoms with E-state index < -0.39 is 17.0 Å². The molecule has 4 aliphatic carbocycles. The maximum Gasteiger partial charge on any atom is 0.311 e. The number of ether oxygens (including phenoxy) is 2. The van der Waals surface area contributed by atoms with Crippen LogP contribution in [0.2, 0.25) is 0 Å². The zero-order chi connectivity index (χ0) is 25.4. The molecule has 8 heteroatoms. The van der Waals surface area contributed by atoms with Crippen molar-refractivity contribution in [1.29, 1.82) is 0 Å². The van der Waals surface area contributed by atoms with Crippen LogP contribution in [0.15, 0.2) is 42.6 Å². The minimum absolute atomic E-state index is 0.00231. The summed E-state index contributed by atoms with van der Waals surface area (Å²) in [6.45, 7) is 5.67. The number of halogens is 1. The standard InChI is InChI=1S/C28H27FN2O5/c1-14-17(5-7-21(31-14)35-9-8-27(2,3)34)15-4-6-20(29)16(10-15)13-36-22-11-18-19(12-30-22)24-25-23(18)28(24,25)26(32)33/h4-7,10-12,23-25,34H,8-9,13H2,1-3H3,(H,32,33)/t23?,24-,25+,28+/m0/s1. The van der Waals surface area contributed by atoms with E-state index in [0.29, 0.717) is 30.4 Å². The van der Waals surface area contributed by atoms with Crippen molar-refractivity contribution >= 4 is 5.97 Å². The molecule has 2 N–H and O–H groups in total. The van der Waals surface area contributed by atoms with E-state index in [9.17, 15) is 19.4 Å². The molecule has 0 aliphatic heterocycles. The Morgan fingerprint density at radius 1 is 1.11 bits per heavy atom. The van der Waals surface area contributed by atoms with Crippen LogP contribution in [0.4, 0.5) is 4.39 Å². The Hall–Kier alpha value is -3.52. The molecule has 2 saturated carbocycles. The maximum atomic E-state index is 14.6. The van der Waals surface area contributed by atoms with Crippen molar-refractivity contribution in [2.75, 3.05) is 6.61 Å². The van der Waals surface area contributed by atoms with Gasteiger partial charge in [-0.25, -0.2) is 14.4 Å². The van der Waals surface area contributed by atoms with E-state index >= 15 is 0 Å². The maximum absolute atomic E-state index is 14.6. The minimum Gasteiger partial charge on any atom is -0.481 e. The highest BCUT2D eigenvalue weighted by atomic mass is 19.1. The Bertz CT molecular complexity index is 1400. The molecule has 0 amide bonds. The molecule has 2 bridgehead atoms. The first-order valence-electron chi connectivity index (χ1n) is 12.1. The zero-order valence-corrected chi connectivity index (χ0v) is 20.3. The van der Waals surface area contributed by atoms with Crippen LogP contribution in [0.25, 0.3) is 11.1 Å². The van der Waals surface area contributed by atoms with Gasteiger partial charge in [0.25, 0.3) is 0 Å². The summed E-state index contributed by atoms with van der Waals surface area (Å²) in [6, 6.07) is 10.3. The average molecular weight is 491 g/mol. The molecule has 3 aromatic rings. The first-order chi connectivity index (χ1) is 17.1. The predicted octanol–water partition coefficient (Wildman–Crippen LogP) is 4.61. The summed E-state index contributed by atoms with van der Waals surface area (Å²) in [7, 11) is 0. The van der Waals surface area contributed by atoms with Gasteiger partial charge in [-0.2, -0.15) is 0 Å². The number of benzene rings is 1. The molecule has 2 aromatic heterocycles. The Morgan fingerprint density at radius 2 is 1.89 bits per heavy atom.